The van der Waals surface area contributed by atoms with Gasteiger partial charge in [0.15, 0.2) is 0 Å². The van der Waals surface area contributed by atoms with E-state index in [0.717, 1.165) is 11.3 Å². The quantitative estimate of drug-likeness (QED) is 0.480. The Morgan fingerprint density at radius 2 is 1.94 bits per heavy atom. The van der Waals surface area contributed by atoms with E-state index in [1.165, 1.54) is 25.7 Å². The Morgan fingerprint density at radius 3 is 2.76 bits per heavy atom. The minimum absolute atomic E-state index is 0.874. The van der Waals surface area contributed by atoms with Gasteiger partial charge in [-0.25, -0.2) is 0 Å². The zero-order valence-corrected chi connectivity index (χ0v) is 11.0. The summed E-state index contributed by atoms with van der Waals surface area (Å²) in [4.78, 5) is 1.10. The second-order valence-corrected chi connectivity index (χ2v) is 5.57. The van der Waals surface area contributed by atoms with Gasteiger partial charge in [0, 0.05) is 25.1 Å². The Labute approximate surface area is 110 Å². The van der Waals surface area contributed by atoms with Gasteiger partial charge in [0.25, 0.3) is 0 Å². The summed E-state index contributed by atoms with van der Waals surface area (Å²) in [5.41, 5.74) is 1.25. The third kappa shape index (κ3) is 1.68. The molecule has 0 aliphatic rings. The van der Waals surface area contributed by atoms with Crippen molar-refractivity contribution in [2.75, 3.05) is 0 Å². The molecule has 0 saturated carbocycles. The molecule has 0 unspecified atom stereocenters. The summed E-state index contributed by atoms with van der Waals surface area (Å²) >= 11 is 6.53. The average molecular weight is 256 g/mol. The van der Waals surface area contributed by atoms with Crippen LogP contribution in [0.2, 0.25) is 0 Å². The van der Waals surface area contributed by atoms with E-state index in [0.29, 0.717) is 0 Å². The second kappa shape index (κ2) is 4.21. The van der Waals surface area contributed by atoms with Crippen LogP contribution in [0.5, 0.6) is 0 Å². The summed E-state index contributed by atoms with van der Waals surface area (Å²) in [5, 5.41) is 2.59. The number of rotatable bonds is 2. The van der Waals surface area contributed by atoms with E-state index >= 15 is 0 Å². The topological polar surface area (TPSA) is 0 Å². The normalized spacial score (nSPS) is 11.1. The number of allylic oxidation sites excluding steroid dienone is 1. The van der Waals surface area contributed by atoms with Crippen molar-refractivity contribution < 1.29 is 0 Å². The minimum atomic E-state index is 0.874. The maximum absolute atomic E-state index is 4.70. The summed E-state index contributed by atoms with van der Waals surface area (Å²) in [6, 6.07) is 12.9. The predicted molar refractivity (Wildman–Crippen MR) is 80.5 cm³/mol. The van der Waals surface area contributed by atoms with Gasteiger partial charge < -0.3 is 0 Å². The summed E-state index contributed by atoms with van der Waals surface area (Å²) in [6.07, 6.45) is 2.80. The van der Waals surface area contributed by atoms with E-state index in [4.69, 9.17) is 12.6 Å². The third-order valence-corrected chi connectivity index (χ3v) is 4.61. The van der Waals surface area contributed by atoms with E-state index < -0.39 is 0 Å². The zero-order valence-electron chi connectivity index (χ0n) is 9.31. The Balaban J connectivity index is 2.44. The summed E-state index contributed by atoms with van der Waals surface area (Å²) in [7, 11) is 0. The molecule has 3 aromatic rings. The summed E-state index contributed by atoms with van der Waals surface area (Å²) in [6.45, 7) is 3.80. The first-order valence-electron chi connectivity index (χ1n) is 5.54. The van der Waals surface area contributed by atoms with Crippen LogP contribution in [0.15, 0.2) is 53.9 Å². The molecule has 0 saturated heterocycles. The van der Waals surface area contributed by atoms with Crippen molar-refractivity contribution in [1.82, 2.24) is 0 Å². The third-order valence-electron chi connectivity index (χ3n) is 2.96. The Kier molecular flexibility index (Phi) is 2.69. The van der Waals surface area contributed by atoms with E-state index in [-0.39, 0.29) is 0 Å². The Morgan fingerprint density at radius 1 is 1.12 bits per heavy atom. The lowest BCUT2D eigenvalue weighted by molar-refractivity contribution is 1.22. The van der Waals surface area contributed by atoms with Gasteiger partial charge in [-0.2, -0.15) is 0 Å². The van der Waals surface area contributed by atoms with E-state index in [2.05, 4.69) is 43.0 Å². The first-order chi connectivity index (χ1) is 8.31. The van der Waals surface area contributed by atoms with Crippen molar-refractivity contribution in [2.45, 2.75) is 11.3 Å². The second-order valence-electron chi connectivity index (χ2n) is 4.04. The number of thiol groups is 1. The van der Waals surface area contributed by atoms with Gasteiger partial charge in [0.05, 0.1) is 0 Å². The van der Waals surface area contributed by atoms with Crippen LogP contribution in [0.25, 0.3) is 20.2 Å². The number of hydrogen-bond donors (Lipinski definition) is 1. The fourth-order valence-corrected chi connectivity index (χ4v) is 3.76. The standard InChI is InChI=1S/C15H12S2/c1-2-5-10-8-9-13-14(15(10)16)11-6-3-4-7-12(11)17-13/h2-4,6-9,16H,1,5H2. The van der Waals surface area contributed by atoms with Crippen LogP contribution in [0.1, 0.15) is 5.56 Å². The minimum Gasteiger partial charge on any atom is -0.142 e. The highest BCUT2D eigenvalue weighted by atomic mass is 32.1. The smallest absolute Gasteiger partial charge is 0.0366 e. The summed E-state index contributed by atoms with van der Waals surface area (Å²) < 4.78 is 2.64. The molecule has 0 atom stereocenters. The largest absolute Gasteiger partial charge is 0.142 e. The molecular weight excluding hydrogens is 244 g/mol. The molecule has 0 aliphatic carbocycles. The van der Waals surface area contributed by atoms with E-state index in [9.17, 15) is 0 Å². The molecule has 17 heavy (non-hydrogen) atoms. The van der Waals surface area contributed by atoms with Crippen molar-refractivity contribution in [3.63, 3.8) is 0 Å². The van der Waals surface area contributed by atoms with Crippen molar-refractivity contribution in [2.24, 2.45) is 0 Å². The lowest BCUT2D eigenvalue weighted by Gasteiger charge is -2.03. The van der Waals surface area contributed by atoms with Crippen LogP contribution in [0.3, 0.4) is 0 Å². The molecule has 1 heterocycles. The number of thiophene rings is 1. The molecule has 0 bridgehead atoms. The lowest BCUT2D eigenvalue weighted by atomic mass is 10.1. The van der Waals surface area contributed by atoms with E-state index in [1.807, 2.05) is 17.4 Å². The van der Waals surface area contributed by atoms with Crippen LogP contribution in [-0.4, -0.2) is 0 Å². The molecule has 0 amide bonds. The lowest BCUT2D eigenvalue weighted by Crippen LogP contribution is -1.83. The maximum atomic E-state index is 4.70. The average Bonchev–Trinajstić information content (AvgIpc) is 2.72. The Bertz CT molecular complexity index is 707. The molecule has 0 nitrogen and oxygen atoms in total. The van der Waals surface area contributed by atoms with Crippen LogP contribution < -0.4 is 0 Å². The number of benzene rings is 2. The number of hydrogen-bond acceptors (Lipinski definition) is 2. The highest BCUT2D eigenvalue weighted by molar-refractivity contribution is 7.80. The van der Waals surface area contributed by atoms with Gasteiger partial charge in [-0.1, -0.05) is 30.3 Å². The molecular formula is C15H12S2. The van der Waals surface area contributed by atoms with Gasteiger partial charge in [-0.3, -0.25) is 0 Å². The maximum Gasteiger partial charge on any atom is 0.0366 e. The van der Waals surface area contributed by atoms with Crippen LogP contribution in [-0.2, 0) is 6.42 Å². The van der Waals surface area contributed by atoms with Crippen molar-refractivity contribution in [3.05, 3.63) is 54.6 Å². The Hall–Kier alpha value is -1.25. The van der Waals surface area contributed by atoms with Crippen molar-refractivity contribution in [3.8, 4) is 0 Å². The SMILES string of the molecule is C=CCc1ccc2sc3ccccc3c2c1S. The zero-order chi connectivity index (χ0) is 11.8. The molecule has 2 heteroatoms. The highest BCUT2D eigenvalue weighted by Crippen LogP contribution is 2.38. The van der Waals surface area contributed by atoms with Gasteiger partial charge in [0.1, 0.15) is 0 Å². The molecule has 2 aromatic carbocycles. The molecule has 0 radical (unpaired) electrons. The summed E-state index contributed by atoms with van der Waals surface area (Å²) in [5.74, 6) is 0. The predicted octanol–water partition coefficient (Wildman–Crippen LogP) is 5.07. The van der Waals surface area contributed by atoms with Crippen LogP contribution in [0, 0.1) is 0 Å². The van der Waals surface area contributed by atoms with Gasteiger partial charge >= 0.3 is 0 Å². The molecule has 84 valence electrons. The monoisotopic (exact) mass is 256 g/mol. The molecule has 1 aromatic heterocycles. The molecule has 3 rings (SSSR count). The van der Waals surface area contributed by atoms with Crippen LogP contribution >= 0.6 is 24.0 Å². The highest BCUT2D eigenvalue weighted by Gasteiger charge is 2.09. The first-order valence-corrected chi connectivity index (χ1v) is 6.80. The van der Waals surface area contributed by atoms with Crippen molar-refractivity contribution in [1.29, 1.82) is 0 Å². The number of fused-ring (bicyclic) bond motifs is 3. The fraction of sp³-hybridized carbons (Fsp3) is 0.0667. The van der Waals surface area contributed by atoms with Gasteiger partial charge in [0.2, 0.25) is 0 Å². The molecule has 0 spiro atoms. The van der Waals surface area contributed by atoms with Gasteiger partial charge in [-0.05, 0) is 24.1 Å². The van der Waals surface area contributed by atoms with Crippen LogP contribution in [0.4, 0.5) is 0 Å². The molecule has 0 aliphatic heterocycles. The van der Waals surface area contributed by atoms with E-state index in [1.54, 1.807) is 0 Å². The van der Waals surface area contributed by atoms with Gasteiger partial charge in [-0.15, -0.1) is 30.5 Å². The fourth-order valence-electron chi connectivity index (χ4n) is 2.16. The molecule has 0 N–H and O–H groups in total. The molecule has 0 fully saturated rings. The van der Waals surface area contributed by atoms with Crippen molar-refractivity contribution >= 4 is 44.1 Å². The first kappa shape index (κ1) is 10.9.